The molecular weight excluding hydrogens is 280 g/mol. The van der Waals surface area contributed by atoms with Gasteiger partial charge >= 0.3 is 0 Å². The Balaban J connectivity index is 1.55. The number of amides is 1. The van der Waals surface area contributed by atoms with E-state index in [1.165, 1.54) is 12.8 Å². The molecule has 6 nitrogen and oxygen atoms in total. The molecule has 1 aromatic heterocycles. The summed E-state index contributed by atoms with van der Waals surface area (Å²) in [4.78, 5) is 14.3. The maximum atomic E-state index is 12.3. The highest BCUT2D eigenvalue weighted by molar-refractivity contribution is 5.91. The fraction of sp³-hybridized carbons (Fsp3) is 0.750. The van der Waals surface area contributed by atoms with Crippen molar-refractivity contribution in [3.63, 3.8) is 0 Å². The van der Waals surface area contributed by atoms with E-state index in [1.807, 2.05) is 15.6 Å². The van der Waals surface area contributed by atoms with Crippen molar-refractivity contribution < 1.29 is 9.90 Å². The van der Waals surface area contributed by atoms with E-state index in [2.05, 4.69) is 24.3 Å². The number of piperidine rings is 1. The first-order valence-corrected chi connectivity index (χ1v) is 8.28. The van der Waals surface area contributed by atoms with Gasteiger partial charge in [-0.3, -0.25) is 9.69 Å². The molecule has 1 saturated carbocycles. The van der Waals surface area contributed by atoms with Gasteiger partial charge in [0.05, 0.1) is 24.9 Å². The van der Waals surface area contributed by atoms with E-state index in [1.54, 1.807) is 6.20 Å². The van der Waals surface area contributed by atoms with Crippen molar-refractivity contribution >= 4 is 11.7 Å². The Morgan fingerprint density at radius 2 is 2.27 bits per heavy atom. The van der Waals surface area contributed by atoms with Crippen molar-refractivity contribution in [2.24, 2.45) is 11.8 Å². The third kappa shape index (κ3) is 3.50. The van der Waals surface area contributed by atoms with E-state index < -0.39 is 0 Å². The second-order valence-electron chi connectivity index (χ2n) is 6.86. The number of hydrogen-bond donors (Lipinski definition) is 2. The zero-order valence-electron chi connectivity index (χ0n) is 13.4. The summed E-state index contributed by atoms with van der Waals surface area (Å²) in [7, 11) is 0. The maximum Gasteiger partial charge on any atom is 0.239 e. The smallest absolute Gasteiger partial charge is 0.239 e. The van der Waals surface area contributed by atoms with Crippen LogP contribution in [-0.2, 0) is 4.79 Å². The van der Waals surface area contributed by atoms with Gasteiger partial charge in [0.1, 0.15) is 5.82 Å². The van der Waals surface area contributed by atoms with E-state index >= 15 is 0 Å². The van der Waals surface area contributed by atoms with Crippen LogP contribution in [0.4, 0.5) is 5.82 Å². The molecule has 0 radical (unpaired) electrons. The summed E-state index contributed by atoms with van der Waals surface area (Å²) in [6, 6.07) is 2.19. The van der Waals surface area contributed by atoms with Gasteiger partial charge in [-0.15, -0.1) is 0 Å². The van der Waals surface area contributed by atoms with E-state index in [-0.39, 0.29) is 12.0 Å². The van der Waals surface area contributed by atoms with Crippen LogP contribution in [0.1, 0.15) is 39.2 Å². The van der Waals surface area contributed by atoms with E-state index in [9.17, 15) is 9.90 Å². The molecule has 1 aliphatic carbocycles. The van der Waals surface area contributed by atoms with Gasteiger partial charge in [0.15, 0.2) is 0 Å². The monoisotopic (exact) mass is 306 g/mol. The Bertz CT molecular complexity index is 526. The fourth-order valence-electron chi connectivity index (χ4n) is 3.16. The second kappa shape index (κ2) is 6.38. The highest BCUT2D eigenvalue weighted by Crippen LogP contribution is 2.40. The van der Waals surface area contributed by atoms with Crippen LogP contribution in [0.2, 0.25) is 0 Å². The highest BCUT2D eigenvalue weighted by atomic mass is 16.3. The predicted octanol–water partition coefficient (Wildman–Crippen LogP) is 1.50. The maximum absolute atomic E-state index is 12.3. The molecule has 1 aliphatic heterocycles. The summed E-state index contributed by atoms with van der Waals surface area (Å²) in [5.41, 5.74) is 0. The van der Waals surface area contributed by atoms with Crippen molar-refractivity contribution in [2.75, 3.05) is 25.0 Å². The lowest BCUT2D eigenvalue weighted by molar-refractivity contribution is -0.118. The van der Waals surface area contributed by atoms with Crippen LogP contribution in [0.15, 0.2) is 12.3 Å². The first-order valence-electron chi connectivity index (χ1n) is 8.28. The molecule has 22 heavy (non-hydrogen) atoms. The Hall–Kier alpha value is -1.40. The molecule has 1 aromatic rings. The summed E-state index contributed by atoms with van der Waals surface area (Å²) in [5.74, 6) is 1.75. The SMILES string of the molecule is CC1CCN(CC(=O)Nc2ccnn2C(C)C2CC2)CC1O. The number of aromatic nitrogens is 2. The van der Waals surface area contributed by atoms with Gasteiger partial charge < -0.3 is 10.4 Å². The molecule has 1 saturated heterocycles. The number of carbonyl (C=O) groups is 1. The lowest BCUT2D eigenvalue weighted by Gasteiger charge is -2.33. The second-order valence-corrected chi connectivity index (χ2v) is 6.86. The molecule has 1 amide bonds. The van der Waals surface area contributed by atoms with E-state index in [0.29, 0.717) is 31.0 Å². The van der Waals surface area contributed by atoms with Crippen molar-refractivity contribution in [2.45, 2.75) is 45.3 Å². The van der Waals surface area contributed by atoms with Gasteiger partial charge in [-0.1, -0.05) is 6.92 Å². The lowest BCUT2D eigenvalue weighted by Crippen LogP contribution is -2.45. The number of likely N-dealkylation sites (tertiary alicyclic amines) is 1. The van der Waals surface area contributed by atoms with Gasteiger partial charge in [-0.25, -0.2) is 4.68 Å². The molecule has 2 heterocycles. The average Bonchev–Trinajstić information content (AvgIpc) is 3.23. The first kappa shape index (κ1) is 15.5. The Kier molecular flexibility index (Phi) is 4.49. The molecule has 122 valence electrons. The molecule has 0 spiro atoms. The Labute approximate surface area is 131 Å². The zero-order chi connectivity index (χ0) is 15.7. The first-order chi connectivity index (χ1) is 10.5. The molecule has 0 aromatic carbocycles. The molecule has 2 fully saturated rings. The summed E-state index contributed by atoms with van der Waals surface area (Å²) in [5, 5.41) is 17.2. The number of β-amino-alcohol motifs (C(OH)–C–C–N with tert-alkyl or cyclic N) is 1. The number of nitrogens with zero attached hydrogens (tertiary/aromatic N) is 3. The largest absolute Gasteiger partial charge is 0.392 e. The summed E-state index contributed by atoms with van der Waals surface area (Å²) >= 11 is 0. The van der Waals surface area contributed by atoms with Crippen LogP contribution in [0, 0.1) is 11.8 Å². The third-order valence-corrected chi connectivity index (χ3v) is 5.00. The molecule has 2 aliphatic rings. The minimum atomic E-state index is -0.332. The van der Waals surface area contributed by atoms with Gasteiger partial charge in [0.25, 0.3) is 0 Å². The molecule has 6 heteroatoms. The Morgan fingerprint density at radius 1 is 1.50 bits per heavy atom. The predicted molar refractivity (Wildman–Crippen MR) is 84.5 cm³/mol. The molecule has 0 bridgehead atoms. The van der Waals surface area contributed by atoms with Crippen molar-refractivity contribution in [3.8, 4) is 0 Å². The number of hydrogen-bond acceptors (Lipinski definition) is 4. The van der Waals surface area contributed by atoms with E-state index in [0.717, 1.165) is 18.8 Å². The van der Waals surface area contributed by atoms with Gasteiger partial charge in [0.2, 0.25) is 5.91 Å². The van der Waals surface area contributed by atoms with Gasteiger partial charge in [0, 0.05) is 12.6 Å². The minimum absolute atomic E-state index is 0.0356. The summed E-state index contributed by atoms with van der Waals surface area (Å²) < 4.78 is 1.92. The van der Waals surface area contributed by atoms with Gasteiger partial charge in [-0.05, 0) is 44.6 Å². The van der Waals surface area contributed by atoms with Crippen LogP contribution < -0.4 is 5.32 Å². The number of nitrogens with one attached hydrogen (secondary N) is 1. The molecule has 3 unspecified atom stereocenters. The molecule has 2 N–H and O–H groups in total. The normalized spacial score (nSPS) is 27.6. The molecule has 3 atom stereocenters. The van der Waals surface area contributed by atoms with Crippen LogP contribution in [0.25, 0.3) is 0 Å². The van der Waals surface area contributed by atoms with Gasteiger partial charge in [-0.2, -0.15) is 5.10 Å². The standard InChI is InChI=1S/C16H26N4O2/c1-11-6-8-19(9-14(11)21)10-16(22)18-15-5-7-17-20(15)12(2)13-3-4-13/h5,7,11-14,21H,3-4,6,8-10H2,1-2H3,(H,18,22). The number of aliphatic hydroxyl groups is 1. The van der Waals surface area contributed by atoms with Crippen molar-refractivity contribution in [1.29, 1.82) is 0 Å². The number of aliphatic hydroxyl groups excluding tert-OH is 1. The summed E-state index contributed by atoms with van der Waals surface area (Å²) in [6.45, 7) is 5.98. The van der Waals surface area contributed by atoms with E-state index in [4.69, 9.17) is 0 Å². The Morgan fingerprint density at radius 3 is 2.95 bits per heavy atom. The number of anilines is 1. The fourth-order valence-corrected chi connectivity index (χ4v) is 3.16. The zero-order valence-corrected chi connectivity index (χ0v) is 13.4. The van der Waals surface area contributed by atoms with Crippen LogP contribution in [0.3, 0.4) is 0 Å². The molecular formula is C16H26N4O2. The number of rotatable bonds is 5. The summed E-state index contributed by atoms with van der Waals surface area (Å²) in [6.07, 6.45) is 4.84. The number of carbonyl (C=O) groups excluding carboxylic acids is 1. The highest BCUT2D eigenvalue weighted by Gasteiger charge is 2.31. The van der Waals surface area contributed by atoms with Crippen LogP contribution >= 0.6 is 0 Å². The topological polar surface area (TPSA) is 70.4 Å². The van der Waals surface area contributed by atoms with Crippen molar-refractivity contribution in [3.05, 3.63) is 12.3 Å². The van der Waals surface area contributed by atoms with Crippen LogP contribution in [-0.4, -0.2) is 51.4 Å². The lowest BCUT2D eigenvalue weighted by atomic mass is 9.96. The quantitative estimate of drug-likeness (QED) is 0.865. The van der Waals surface area contributed by atoms with Crippen LogP contribution in [0.5, 0.6) is 0 Å². The average molecular weight is 306 g/mol. The minimum Gasteiger partial charge on any atom is -0.392 e. The third-order valence-electron chi connectivity index (χ3n) is 5.00. The van der Waals surface area contributed by atoms with Crippen molar-refractivity contribution in [1.82, 2.24) is 14.7 Å². The molecule has 3 rings (SSSR count).